The average Bonchev–Trinajstić information content (AvgIpc) is 3.57. The van der Waals surface area contributed by atoms with Crippen LogP contribution in [-0.2, 0) is 19.5 Å². The number of nitrogens with zero attached hydrogens (tertiary/aromatic N) is 3. The Morgan fingerprint density at radius 2 is 1.54 bits per heavy atom. The quantitative estimate of drug-likeness (QED) is 0.209. The van der Waals surface area contributed by atoms with Crippen LogP contribution < -0.4 is 5.56 Å². The van der Waals surface area contributed by atoms with E-state index in [1.807, 2.05) is 59.2 Å². The minimum absolute atomic E-state index is 0.0696. The maximum Gasteiger partial charge on any atom is 0.259 e. The fourth-order valence-electron chi connectivity index (χ4n) is 5.13. The second kappa shape index (κ2) is 10.5. The highest BCUT2D eigenvalue weighted by Gasteiger charge is 2.27. The van der Waals surface area contributed by atoms with Gasteiger partial charge in [0, 0.05) is 40.7 Å². The molecule has 0 saturated heterocycles. The highest BCUT2D eigenvalue weighted by atomic mass is 79.9. The van der Waals surface area contributed by atoms with Gasteiger partial charge >= 0.3 is 0 Å². The van der Waals surface area contributed by atoms with E-state index in [2.05, 4.69) is 69.4 Å². The smallest absolute Gasteiger partial charge is 0.259 e. The SMILES string of the molecule is Cc1nc2c(c(=O)n1C(c1ccccc1)c1ccccc1)CN(Cc1ccc(-c3ccc(Br)s3)s1)CC2. The van der Waals surface area contributed by atoms with E-state index in [1.54, 1.807) is 11.3 Å². The van der Waals surface area contributed by atoms with Gasteiger partial charge in [-0.3, -0.25) is 14.3 Å². The summed E-state index contributed by atoms with van der Waals surface area (Å²) in [6, 6.07) is 29.0. The Hall–Kier alpha value is -2.84. The topological polar surface area (TPSA) is 38.1 Å². The molecule has 4 nitrogen and oxygen atoms in total. The third-order valence-electron chi connectivity index (χ3n) is 6.86. The molecule has 1 aliphatic heterocycles. The van der Waals surface area contributed by atoms with Gasteiger partial charge in [-0.05, 0) is 58.2 Å². The van der Waals surface area contributed by atoms with Crippen LogP contribution in [-0.4, -0.2) is 21.0 Å². The summed E-state index contributed by atoms with van der Waals surface area (Å²) in [5.41, 5.74) is 4.01. The van der Waals surface area contributed by atoms with Crippen molar-refractivity contribution >= 4 is 38.6 Å². The second-order valence-corrected chi connectivity index (χ2v) is 12.9. The van der Waals surface area contributed by atoms with Gasteiger partial charge < -0.3 is 0 Å². The molecule has 37 heavy (non-hydrogen) atoms. The van der Waals surface area contributed by atoms with Crippen LogP contribution in [0.15, 0.2) is 93.5 Å². The fraction of sp³-hybridized carbons (Fsp3) is 0.200. The van der Waals surface area contributed by atoms with Crippen LogP contribution >= 0.6 is 38.6 Å². The number of aryl methyl sites for hydroxylation is 1. The summed E-state index contributed by atoms with van der Waals surface area (Å²) in [6.45, 7) is 4.32. The van der Waals surface area contributed by atoms with Gasteiger partial charge in [-0.1, -0.05) is 60.7 Å². The van der Waals surface area contributed by atoms with Crippen molar-refractivity contribution in [1.82, 2.24) is 14.5 Å². The molecule has 0 aliphatic carbocycles. The summed E-state index contributed by atoms with van der Waals surface area (Å²) in [4.78, 5) is 25.3. The molecule has 0 atom stereocenters. The van der Waals surface area contributed by atoms with Gasteiger partial charge in [-0.2, -0.15) is 0 Å². The lowest BCUT2D eigenvalue weighted by molar-refractivity contribution is 0.242. The highest BCUT2D eigenvalue weighted by molar-refractivity contribution is 9.11. The first kappa shape index (κ1) is 24.5. The van der Waals surface area contributed by atoms with Gasteiger partial charge in [-0.25, -0.2) is 4.98 Å². The normalized spacial score (nSPS) is 13.7. The van der Waals surface area contributed by atoms with E-state index in [4.69, 9.17) is 4.98 Å². The number of rotatable bonds is 6. The van der Waals surface area contributed by atoms with Crippen molar-refractivity contribution in [2.24, 2.45) is 0 Å². The molecule has 2 aromatic carbocycles. The van der Waals surface area contributed by atoms with E-state index in [1.165, 1.54) is 14.6 Å². The van der Waals surface area contributed by atoms with Crippen LogP contribution in [0.3, 0.4) is 0 Å². The molecule has 0 unspecified atom stereocenters. The first-order valence-corrected chi connectivity index (χ1v) is 14.8. The summed E-state index contributed by atoms with van der Waals surface area (Å²) in [7, 11) is 0. The van der Waals surface area contributed by atoms with Gasteiger partial charge in [0.1, 0.15) is 5.82 Å². The molecule has 1 aliphatic rings. The molecule has 4 heterocycles. The van der Waals surface area contributed by atoms with Gasteiger partial charge in [0.05, 0.1) is 21.1 Å². The molecule has 0 fully saturated rings. The number of halogens is 1. The summed E-state index contributed by atoms with van der Waals surface area (Å²) in [5.74, 6) is 0.764. The van der Waals surface area contributed by atoms with Gasteiger partial charge in [0.15, 0.2) is 0 Å². The van der Waals surface area contributed by atoms with Crippen LogP contribution in [0.25, 0.3) is 9.75 Å². The van der Waals surface area contributed by atoms with Gasteiger partial charge in [0.25, 0.3) is 5.56 Å². The summed E-state index contributed by atoms with van der Waals surface area (Å²) in [6.07, 6.45) is 0.795. The molecular formula is C30H26BrN3OS2. The third-order valence-corrected chi connectivity index (χ3v) is 9.75. The summed E-state index contributed by atoms with van der Waals surface area (Å²) in [5, 5.41) is 0. The lowest BCUT2D eigenvalue weighted by Gasteiger charge is -2.30. The number of hydrogen-bond donors (Lipinski definition) is 0. The van der Waals surface area contributed by atoms with Crippen molar-refractivity contribution in [2.75, 3.05) is 6.54 Å². The van der Waals surface area contributed by atoms with Gasteiger partial charge in [-0.15, -0.1) is 22.7 Å². The van der Waals surface area contributed by atoms with E-state index in [0.29, 0.717) is 6.54 Å². The molecule has 0 saturated carbocycles. The first-order valence-electron chi connectivity index (χ1n) is 12.3. The Morgan fingerprint density at radius 3 is 2.19 bits per heavy atom. The van der Waals surface area contributed by atoms with E-state index in [0.717, 1.165) is 51.5 Å². The van der Waals surface area contributed by atoms with Crippen molar-refractivity contribution < 1.29 is 0 Å². The van der Waals surface area contributed by atoms with Crippen LogP contribution in [0, 0.1) is 6.92 Å². The highest BCUT2D eigenvalue weighted by Crippen LogP contribution is 2.36. The third kappa shape index (κ3) is 5.01. The first-order chi connectivity index (χ1) is 18.1. The van der Waals surface area contributed by atoms with Gasteiger partial charge in [0.2, 0.25) is 0 Å². The van der Waals surface area contributed by atoms with Crippen molar-refractivity contribution in [3.05, 3.63) is 132 Å². The molecule has 0 bridgehead atoms. The maximum atomic E-state index is 14.1. The Kier molecular flexibility index (Phi) is 6.95. The van der Waals surface area contributed by atoms with Crippen molar-refractivity contribution in [2.45, 2.75) is 32.5 Å². The zero-order valence-electron chi connectivity index (χ0n) is 20.4. The van der Waals surface area contributed by atoms with E-state index >= 15 is 0 Å². The lowest BCUT2D eigenvalue weighted by atomic mass is 9.97. The minimum Gasteiger partial charge on any atom is -0.293 e. The van der Waals surface area contributed by atoms with Crippen molar-refractivity contribution in [1.29, 1.82) is 0 Å². The molecule has 5 aromatic rings. The Labute approximate surface area is 233 Å². The average molecular weight is 589 g/mol. The number of hydrogen-bond acceptors (Lipinski definition) is 5. The minimum atomic E-state index is -0.215. The number of benzene rings is 2. The predicted octanol–water partition coefficient (Wildman–Crippen LogP) is 7.30. The maximum absolute atomic E-state index is 14.1. The number of aromatic nitrogens is 2. The zero-order chi connectivity index (χ0) is 25.4. The van der Waals surface area contributed by atoms with Crippen LogP contribution in [0.5, 0.6) is 0 Å². The molecule has 0 amide bonds. The Bertz CT molecular complexity index is 1550. The predicted molar refractivity (Wildman–Crippen MR) is 157 cm³/mol. The number of fused-ring (bicyclic) bond motifs is 1. The monoisotopic (exact) mass is 587 g/mol. The molecule has 0 radical (unpaired) electrons. The molecule has 0 spiro atoms. The van der Waals surface area contributed by atoms with Crippen LogP contribution in [0.4, 0.5) is 0 Å². The summed E-state index contributed by atoms with van der Waals surface area (Å²) >= 11 is 7.15. The largest absolute Gasteiger partial charge is 0.293 e. The van der Waals surface area contributed by atoms with Crippen molar-refractivity contribution in [3.8, 4) is 9.75 Å². The molecule has 0 N–H and O–H groups in total. The molecule has 7 heteroatoms. The lowest BCUT2D eigenvalue weighted by Crippen LogP contribution is -2.40. The molecule has 186 valence electrons. The number of thiophene rings is 2. The Balaban J connectivity index is 1.33. The Morgan fingerprint density at radius 1 is 0.892 bits per heavy atom. The second-order valence-electron chi connectivity index (χ2n) is 9.31. The van der Waals surface area contributed by atoms with E-state index < -0.39 is 0 Å². The molecular weight excluding hydrogens is 562 g/mol. The summed E-state index contributed by atoms with van der Waals surface area (Å²) < 4.78 is 3.04. The molecule has 3 aromatic heterocycles. The molecule has 6 rings (SSSR count). The van der Waals surface area contributed by atoms with Crippen LogP contribution in [0.2, 0.25) is 0 Å². The van der Waals surface area contributed by atoms with Crippen molar-refractivity contribution in [3.63, 3.8) is 0 Å². The fourth-order valence-corrected chi connectivity index (χ4v) is 7.65. The van der Waals surface area contributed by atoms with E-state index in [9.17, 15) is 4.79 Å². The zero-order valence-corrected chi connectivity index (χ0v) is 23.7. The van der Waals surface area contributed by atoms with Crippen LogP contribution in [0.1, 0.15) is 39.1 Å². The van der Waals surface area contributed by atoms with E-state index in [-0.39, 0.29) is 11.6 Å². The standard InChI is InChI=1S/C30H26BrN3OS2/c1-20-32-25-16-17-33(18-23-12-13-26(36-23)27-14-15-28(31)37-27)19-24(25)30(35)34(20)29(21-8-4-2-5-9-21)22-10-6-3-7-11-22/h2-15,29H,16-19H2,1H3.